The fourth-order valence-electron chi connectivity index (χ4n) is 2.59. The van der Waals surface area contributed by atoms with Gasteiger partial charge in [0.2, 0.25) is 0 Å². The van der Waals surface area contributed by atoms with E-state index in [-0.39, 0.29) is 18.5 Å². The van der Waals surface area contributed by atoms with Gasteiger partial charge in [0.15, 0.2) is 0 Å². The summed E-state index contributed by atoms with van der Waals surface area (Å²) in [6.07, 6.45) is 6.94. The number of ether oxygens (including phenoxy) is 1. The van der Waals surface area contributed by atoms with E-state index >= 15 is 0 Å². The van der Waals surface area contributed by atoms with Crippen LogP contribution in [0.4, 0.5) is 4.79 Å². The molecule has 5 heteroatoms. The predicted molar refractivity (Wildman–Crippen MR) is 85.9 cm³/mol. The number of amides is 1. The molecule has 0 aliphatic heterocycles. The van der Waals surface area contributed by atoms with Gasteiger partial charge >= 0.3 is 6.09 Å². The van der Waals surface area contributed by atoms with Gasteiger partial charge in [0.1, 0.15) is 5.75 Å². The number of hydrogen-bond acceptors (Lipinski definition) is 3. The molecular weight excluding hydrogens is 288 g/mol. The molecule has 0 aromatic heterocycles. The normalized spacial score (nSPS) is 15.9. The summed E-state index contributed by atoms with van der Waals surface area (Å²) in [5.41, 5.74) is 2.34. The summed E-state index contributed by atoms with van der Waals surface area (Å²) < 4.78 is 5.43. The first-order valence-electron chi connectivity index (χ1n) is 6.69. The summed E-state index contributed by atoms with van der Waals surface area (Å²) in [5.74, 6) is 3.34. The van der Waals surface area contributed by atoms with Gasteiger partial charge in [-0.25, -0.2) is 4.79 Å². The van der Waals surface area contributed by atoms with Crippen LogP contribution in [0, 0.1) is 12.3 Å². The van der Waals surface area contributed by atoms with Gasteiger partial charge in [-0.3, -0.25) is 4.90 Å². The maximum absolute atomic E-state index is 11.7. The lowest BCUT2D eigenvalue weighted by molar-refractivity contribution is 0.171. The van der Waals surface area contributed by atoms with Crippen LogP contribution in [0.2, 0.25) is 0 Å². The van der Waals surface area contributed by atoms with E-state index in [0.717, 1.165) is 18.4 Å². The summed E-state index contributed by atoms with van der Waals surface area (Å²) in [4.78, 5) is 15.3. The van der Waals surface area contributed by atoms with Crippen LogP contribution in [0.25, 0.3) is 0 Å². The van der Waals surface area contributed by atoms with Crippen LogP contribution in [0.15, 0.2) is 18.2 Å². The number of halogens is 1. The van der Waals surface area contributed by atoms with E-state index in [4.69, 9.17) is 11.2 Å². The molecule has 1 aliphatic carbocycles. The van der Waals surface area contributed by atoms with Crippen LogP contribution in [0.1, 0.15) is 23.6 Å². The zero-order chi connectivity index (χ0) is 14.7. The van der Waals surface area contributed by atoms with Gasteiger partial charge in [-0.15, -0.1) is 18.8 Å². The Morgan fingerprint density at radius 2 is 2.14 bits per heavy atom. The third-order valence-corrected chi connectivity index (χ3v) is 3.63. The molecule has 0 N–H and O–H groups in total. The highest BCUT2D eigenvalue weighted by Gasteiger charge is 2.28. The minimum atomic E-state index is -0.348. The average molecular weight is 309 g/mol. The molecule has 0 spiro atoms. The third kappa shape index (κ3) is 3.69. The number of terminal acetylenes is 1. The molecule has 2 rings (SSSR count). The predicted octanol–water partition coefficient (Wildman–Crippen LogP) is 2.72. The second-order valence-corrected chi connectivity index (χ2v) is 5.26. The Labute approximate surface area is 132 Å². The van der Waals surface area contributed by atoms with Gasteiger partial charge in [-0.05, 0) is 37.1 Å². The van der Waals surface area contributed by atoms with E-state index in [1.807, 2.05) is 19.2 Å². The molecule has 1 aromatic carbocycles. The molecule has 1 atom stereocenters. The molecule has 0 saturated carbocycles. The van der Waals surface area contributed by atoms with Crippen molar-refractivity contribution in [1.29, 1.82) is 0 Å². The van der Waals surface area contributed by atoms with Crippen LogP contribution in [-0.4, -0.2) is 43.6 Å². The second-order valence-electron chi connectivity index (χ2n) is 5.26. The largest absolute Gasteiger partial charge is 0.414 e. The maximum Gasteiger partial charge on any atom is 0.414 e. The topological polar surface area (TPSA) is 32.8 Å². The zero-order valence-corrected chi connectivity index (χ0v) is 13.4. The van der Waals surface area contributed by atoms with Gasteiger partial charge in [0.25, 0.3) is 0 Å². The third-order valence-electron chi connectivity index (χ3n) is 3.63. The van der Waals surface area contributed by atoms with Gasteiger partial charge in [0, 0.05) is 20.1 Å². The second kappa shape index (κ2) is 7.35. The Balaban J connectivity index is 0.00000220. The molecule has 0 heterocycles. The summed E-state index contributed by atoms with van der Waals surface area (Å²) in [5, 5.41) is 0. The van der Waals surface area contributed by atoms with Gasteiger partial charge in [0.05, 0.1) is 6.54 Å². The molecule has 1 unspecified atom stereocenters. The van der Waals surface area contributed by atoms with E-state index in [2.05, 4.69) is 16.9 Å². The molecule has 0 saturated heterocycles. The minimum absolute atomic E-state index is 0. The van der Waals surface area contributed by atoms with Crippen LogP contribution in [-0.2, 0) is 6.42 Å². The monoisotopic (exact) mass is 308 g/mol. The highest BCUT2D eigenvalue weighted by molar-refractivity contribution is 5.85. The maximum atomic E-state index is 11.7. The number of carbonyl (C=O) groups is 1. The molecule has 21 heavy (non-hydrogen) atoms. The van der Waals surface area contributed by atoms with Crippen molar-refractivity contribution < 1.29 is 9.53 Å². The molecule has 0 bridgehead atoms. The minimum Gasteiger partial charge on any atom is -0.410 e. The smallest absolute Gasteiger partial charge is 0.410 e. The highest BCUT2D eigenvalue weighted by atomic mass is 35.5. The Kier molecular flexibility index (Phi) is 6.07. The van der Waals surface area contributed by atoms with Crippen molar-refractivity contribution >= 4 is 18.5 Å². The van der Waals surface area contributed by atoms with Crippen molar-refractivity contribution in [2.75, 3.05) is 27.7 Å². The van der Waals surface area contributed by atoms with Crippen molar-refractivity contribution in [2.24, 2.45) is 0 Å². The first kappa shape index (κ1) is 17.4. The summed E-state index contributed by atoms with van der Waals surface area (Å²) in [6, 6.07) is 6.18. The molecular formula is C16H21ClN2O2. The molecule has 0 fully saturated rings. The van der Waals surface area contributed by atoms with Crippen molar-refractivity contribution in [3.05, 3.63) is 29.3 Å². The molecule has 1 aliphatic rings. The number of rotatable bonds is 3. The number of nitrogens with zero attached hydrogens (tertiary/aromatic N) is 2. The summed E-state index contributed by atoms with van der Waals surface area (Å²) >= 11 is 0. The Hall–Kier alpha value is -1.70. The van der Waals surface area contributed by atoms with Crippen LogP contribution < -0.4 is 4.74 Å². The van der Waals surface area contributed by atoms with E-state index in [0.29, 0.717) is 18.3 Å². The lowest BCUT2D eigenvalue weighted by atomic mass is 10.1. The molecule has 4 nitrogen and oxygen atoms in total. The molecule has 1 amide bonds. The molecule has 0 radical (unpaired) electrons. The quantitative estimate of drug-likeness (QED) is 0.805. The van der Waals surface area contributed by atoms with Gasteiger partial charge < -0.3 is 9.64 Å². The Morgan fingerprint density at radius 1 is 1.43 bits per heavy atom. The van der Waals surface area contributed by atoms with E-state index < -0.39 is 0 Å². The van der Waals surface area contributed by atoms with Crippen LogP contribution in [0.3, 0.4) is 0 Å². The molecule has 114 valence electrons. The number of carbonyl (C=O) groups excluding carboxylic acids is 1. The van der Waals surface area contributed by atoms with Crippen LogP contribution >= 0.6 is 12.4 Å². The van der Waals surface area contributed by atoms with Crippen molar-refractivity contribution in [2.45, 2.75) is 18.9 Å². The average Bonchev–Trinajstić information content (AvgIpc) is 2.83. The fourth-order valence-corrected chi connectivity index (χ4v) is 2.59. The Bertz CT molecular complexity index is 552. The van der Waals surface area contributed by atoms with E-state index in [1.165, 1.54) is 10.5 Å². The first-order valence-corrected chi connectivity index (χ1v) is 6.69. The van der Waals surface area contributed by atoms with Crippen molar-refractivity contribution in [1.82, 2.24) is 9.80 Å². The van der Waals surface area contributed by atoms with Gasteiger partial charge in [-0.2, -0.15) is 0 Å². The SMILES string of the molecule is C#CCN(C)C1CCc2c(OC(=O)N(C)C)cccc21.Cl. The van der Waals surface area contributed by atoms with E-state index in [9.17, 15) is 4.79 Å². The van der Waals surface area contributed by atoms with Crippen LogP contribution in [0.5, 0.6) is 5.75 Å². The van der Waals surface area contributed by atoms with Gasteiger partial charge in [-0.1, -0.05) is 18.1 Å². The van der Waals surface area contributed by atoms with Crippen molar-refractivity contribution in [3.63, 3.8) is 0 Å². The summed E-state index contributed by atoms with van der Waals surface area (Å²) in [7, 11) is 5.38. The number of fused-ring (bicyclic) bond motifs is 1. The standard InChI is InChI=1S/C16H20N2O2.ClH/c1-5-11-18(4)14-10-9-13-12(14)7-6-8-15(13)20-16(19)17(2)3;/h1,6-8,14H,9-11H2,2-4H3;1H. The first-order chi connectivity index (χ1) is 9.54. The number of hydrogen-bond donors (Lipinski definition) is 0. The lowest BCUT2D eigenvalue weighted by Gasteiger charge is -2.23. The van der Waals surface area contributed by atoms with Crippen molar-refractivity contribution in [3.8, 4) is 18.1 Å². The fraction of sp³-hybridized carbons (Fsp3) is 0.438. The highest BCUT2D eigenvalue weighted by Crippen LogP contribution is 2.39. The number of benzene rings is 1. The zero-order valence-electron chi connectivity index (χ0n) is 12.6. The lowest BCUT2D eigenvalue weighted by Crippen LogP contribution is -2.26. The van der Waals surface area contributed by atoms with E-state index in [1.54, 1.807) is 14.1 Å². The summed E-state index contributed by atoms with van der Waals surface area (Å²) in [6.45, 7) is 0.617. The molecule has 1 aromatic rings. The Morgan fingerprint density at radius 3 is 2.76 bits per heavy atom.